The molecule has 2 heterocycles. The number of rotatable bonds is 2. The molecular formula is C13H19N5O. The number of carbonyl (C=O) groups excluding carboxylic acids is 1. The van der Waals surface area contributed by atoms with E-state index in [4.69, 9.17) is 5.73 Å². The van der Waals surface area contributed by atoms with E-state index in [-0.39, 0.29) is 17.9 Å². The molecule has 1 aromatic rings. The van der Waals surface area contributed by atoms with Crippen molar-refractivity contribution < 1.29 is 4.79 Å². The van der Waals surface area contributed by atoms with Crippen molar-refractivity contribution in [1.29, 1.82) is 0 Å². The summed E-state index contributed by atoms with van der Waals surface area (Å²) in [7, 11) is 0. The van der Waals surface area contributed by atoms with Crippen LogP contribution in [0.4, 0.5) is 17.5 Å². The highest BCUT2D eigenvalue weighted by Gasteiger charge is 2.38. The van der Waals surface area contributed by atoms with Crippen molar-refractivity contribution in [2.75, 3.05) is 16.0 Å². The molecule has 19 heavy (non-hydrogen) atoms. The van der Waals surface area contributed by atoms with Crippen LogP contribution in [0.25, 0.3) is 0 Å². The molecule has 0 bridgehead atoms. The number of anilines is 3. The van der Waals surface area contributed by atoms with Gasteiger partial charge in [0.2, 0.25) is 11.9 Å². The lowest BCUT2D eigenvalue weighted by Crippen LogP contribution is -2.52. The summed E-state index contributed by atoms with van der Waals surface area (Å²) in [5.74, 6) is 1.08. The molecule has 102 valence electrons. The molecule has 3 N–H and O–H groups in total. The minimum Gasteiger partial charge on any atom is -0.368 e. The van der Waals surface area contributed by atoms with Gasteiger partial charge in [0.25, 0.3) is 0 Å². The second-order valence-corrected chi connectivity index (χ2v) is 5.22. The molecule has 0 radical (unpaired) electrons. The number of nitrogens with zero attached hydrogens (tertiary/aromatic N) is 3. The fourth-order valence-electron chi connectivity index (χ4n) is 3.15. The molecule has 2 aliphatic rings. The van der Waals surface area contributed by atoms with E-state index in [9.17, 15) is 4.79 Å². The maximum absolute atomic E-state index is 12.2. The van der Waals surface area contributed by atoms with E-state index in [0.717, 1.165) is 25.1 Å². The summed E-state index contributed by atoms with van der Waals surface area (Å²) in [5.41, 5.74) is 6.38. The standard InChI is InChI=1S/C13H19N5O/c1-2-10-12(19)16-9-7-15-13(14)17-11(9)18(10)8-5-3-4-6-8/h7-8,10H,2-6H2,1H3,(H,16,19)(H2,14,15,17)/t10-/m1/s1. The Hall–Kier alpha value is -1.85. The first-order chi connectivity index (χ1) is 9.20. The van der Waals surface area contributed by atoms with E-state index in [0.29, 0.717) is 11.7 Å². The molecule has 1 fully saturated rings. The predicted molar refractivity (Wildman–Crippen MR) is 73.9 cm³/mol. The summed E-state index contributed by atoms with van der Waals surface area (Å²) < 4.78 is 0. The van der Waals surface area contributed by atoms with Crippen LogP contribution in [0.15, 0.2) is 6.20 Å². The smallest absolute Gasteiger partial charge is 0.247 e. The number of aromatic nitrogens is 2. The number of nitrogen functional groups attached to an aromatic ring is 1. The third-order valence-corrected chi connectivity index (χ3v) is 4.03. The van der Waals surface area contributed by atoms with Gasteiger partial charge in [0.15, 0.2) is 5.82 Å². The molecule has 3 rings (SSSR count). The van der Waals surface area contributed by atoms with Crippen molar-refractivity contribution in [1.82, 2.24) is 9.97 Å². The minimum absolute atomic E-state index is 0.0373. The van der Waals surface area contributed by atoms with Gasteiger partial charge in [0.1, 0.15) is 11.7 Å². The highest BCUT2D eigenvalue weighted by Crippen LogP contribution is 2.37. The summed E-state index contributed by atoms with van der Waals surface area (Å²) in [6, 6.07) is 0.244. The van der Waals surface area contributed by atoms with E-state index in [2.05, 4.69) is 20.2 Å². The topological polar surface area (TPSA) is 84.1 Å². The first kappa shape index (κ1) is 12.2. The van der Waals surface area contributed by atoms with E-state index in [1.54, 1.807) is 6.20 Å². The van der Waals surface area contributed by atoms with E-state index in [1.807, 2.05) is 6.92 Å². The summed E-state index contributed by atoms with van der Waals surface area (Å²) >= 11 is 0. The Morgan fingerprint density at radius 3 is 2.89 bits per heavy atom. The number of fused-ring (bicyclic) bond motifs is 1. The van der Waals surface area contributed by atoms with Gasteiger partial charge in [-0.15, -0.1) is 0 Å². The lowest BCUT2D eigenvalue weighted by atomic mass is 10.0. The second kappa shape index (κ2) is 4.68. The molecule has 1 aliphatic carbocycles. The molecule has 0 spiro atoms. The number of nitrogens with one attached hydrogen (secondary N) is 1. The van der Waals surface area contributed by atoms with Gasteiger partial charge in [-0.25, -0.2) is 4.98 Å². The summed E-state index contributed by atoms with van der Waals surface area (Å²) in [6.45, 7) is 2.03. The zero-order chi connectivity index (χ0) is 13.4. The van der Waals surface area contributed by atoms with Gasteiger partial charge in [-0.1, -0.05) is 19.8 Å². The van der Waals surface area contributed by atoms with Crippen LogP contribution in [0, 0.1) is 0 Å². The molecular weight excluding hydrogens is 242 g/mol. The molecule has 1 aliphatic heterocycles. The lowest BCUT2D eigenvalue weighted by Gasteiger charge is -2.40. The fraction of sp³-hybridized carbons (Fsp3) is 0.615. The number of nitrogens with two attached hydrogens (primary N) is 1. The van der Waals surface area contributed by atoms with Gasteiger partial charge in [-0.2, -0.15) is 4.98 Å². The molecule has 1 saturated carbocycles. The van der Waals surface area contributed by atoms with Gasteiger partial charge in [-0.3, -0.25) is 4.79 Å². The van der Waals surface area contributed by atoms with Gasteiger partial charge >= 0.3 is 0 Å². The first-order valence-corrected chi connectivity index (χ1v) is 6.92. The number of amides is 1. The Balaban J connectivity index is 2.05. The van der Waals surface area contributed by atoms with Crippen LogP contribution in [0.1, 0.15) is 39.0 Å². The van der Waals surface area contributed by atoms with Crippen LogP contribution in [0.3, 0.4) is 0 Å². The van der Waals surface area contributed by atoms with Crippen molar-refractivity contribution in [2.45, 2.75) is 51.1 Å². The average molecular weight is 261 g/mol. The van der Waals surface area contributed by atoms with Crippen LogP contribution >= 0.6 is 0 Å². The number of hydrogen-bond donors (Lipinski definition) is 2. The van der Waals surface area contributed by atoms with Crippen molar-refractivity contribution in [3.05, 3.63) is 6.20 Å². The Bertz CT molecular complexity index is 498. The average Bonchev–Trinajstić information content (AvgIpc) is 2.91. The summed E-state index contributed by atoms with van der Waals surface area (Å²) in [5, 5.41) is 2.88. The van der Waals surface area contributed by atoms with Gasteiger partial charge in [-0.05, 0) is 19.3 Å². The highest BCUT2D eigenvalue weighted by molar-refractivity contribution is 6.02. The zero-order valence-corrected chi connectivity index (χ0v) is 11.1. The Kier molecular flexibility index (Phi) is 3.00. The largest absolute Gasteiger partial charge is 0.368 e. The van der Waals surface area contributed by atoms with E-state index >= 15 is 0 Å². The van der Waals surface area contributed by atoms with Crippen LogP contribution < -0.4 is 16.0 Å². The number of hydrogen-bond acceptors (Lipinski definition) is 5. The third kappa shape index (κ3) is 2.01. The predicted octanol–water partition coefficient (Wildman–Crippen LogP) is 1.54. The fourth-order valence-corrected chi connectivity index (χ4v) is 3.15. The molecule has 1 aromatic heterocycles. The van der Waals surface area contributed by atoms with Crippen LogP contribution in [0.2, 0.25) is 0 Å². The molecule has 1 atom stereocenters. The van der Waals surface area contributed by atoms with Crippen LogP contribution in [0.5, 0.6) is 0 Å². The molecule has 0 unspecified atom stereocenters. The lowest BCUT2D eigenvalue weighted by molar-refractivity contribution is -0.117. The van der Waals surface area contributed by atoms with Gasteiger partial charge in [0, 0.05) is 6.04 Å². The molecule has 0 saturated heterocycles. The van der Waals surface area contributed by atoms with Crippen molar-refractivity contribution >= 4 is 23.4 Å². The molecule has 1 amide bonds. The van der Waals surface area contributed by atoms with Crippen molar-refractivity contribution in [2.24, 2.45) is 0 Å². The Morgan fingerprint density at radius 2 is 2.21 bits per heavy atom. The highest BCUT2D eigenvalue weighted by atomic mass is 16.2. The number of carbonyl (C=O) groups is 1. The Morgan fingerprint density at radius 1 is 1.47 bits per heavy atom. The van der Waals surface area contributed by atoms with Crippen LogP contribution in [-0.4, -0.2) is 28.0 Å². The SMILES string of the molecule is CC[C@@H]1C(=O)Nc2cnc(N)nc2N1C1CCCC1. The van der Waals surface area contributed by atoms with E-state index in [1.165, 1.54) is 12.8 Å². The van der Waals surface area contributed by atoms with Crippen molar-refractivity contribution in [3.63, 3.8) is 0 Å². The quantitative estimate of drug-likeness (QED) is 0.843. The maximum Gasteiger partial charge on any atom is 0.247 e. The van der Waals surface area contributed by atoms with Gasteiger partial charge in [0.05, 0.1) is 6.20 Å². The zero-order valence-electron chi connectivity index (χ0n) is 11.1. The third-order valence-electron chi connectivity index (χ3n) is 4.03. The van der Waals surface area contributed by atoms with E-state index < -0.39 is 0 Å². The van der Waals surface area contributed by atoms with Crippen molar-refractivity contribution in [3.8, 4) is 0 Å². The normalized spacial score (nSPS) is 23.3. The molecule has 0 aromatic carbocycles. The summed E-state index contributed by atoms with van der Waals surface area (Å²) in [4.78, 5) is 22.7. The Labute approximate surface area is 112 Å². The monoisotopic (exact) mass is 261 g/mol. The van der Waals surface area contributed by atoms with Crippen LogP contribution in [-0.2, 0) is 4.79 Å². The molecule has 6 nitrogen and oxygen atoms in total. The maximum atomic E-state index is 12.2. The van der Waals surface area contributed by atoms with Gasteiger partial charge < -0.3 is 16.0 Å². The molecule has 6 heteroatoms. The second-order valence-electron chi connectivity index (χ2n) is 5.22. The first-order valence-electron chi connectivity index (χ1n) is 6.92. The summed E-state index contributed by atoms with van der Waals surface area (Å²) in [6.07, 6.45) is 7.04. The minimum atomic E-state index is -0.148.